The molecule has 4 aliphatic rings. The highest BCUT2D eigenvalue weighted by Gasteiger charge is 2.63. The first-order chi connectivity index (χ1) is 10.8. The van der Waals surface area contributed by atoms with Crippen LogP contribution in [-0.2, 0) is 9.59 Å². The molecule has 0 aromatic rings. The fourth-order valence-corrected chi connectivity index (χ4v) is 6.34. The summed E-state index contributed by atoms with van der Waals surface area (Å²) >= 11 is 0. The molecule has 4 rings (SSSR count). The van der Waals surface area contributed by atoms with Crippen molar-refractivity contribution in [1.82, 2.24) is 0 Å². The maximum atomic E-state index is 12.4. The summed E-state index contributed by atoms with van der Waals surface area (Å²) in [6.07, 6.45) is 4.23. The minimum Gasteiger partial charge on any atom is -0.390 e. The summed E-state index contributed by atoms with van der Waals surface area (Å²) in [5.74, 6) is 0.760. The molecule has 0 bridgehead atoms. The highest BCUT2D eigenvalue weighted by Crippen LogP contribution is 2.64. The SMILES string of the molecule is C[C@]12CCC(=O)C=C1[C@@H](O)[C@H](O)[C@@H]1[C@@H]2CC[C@]2(C)C(=O)CC[C@@H]12. The van der Waals surface area contributed by atoms with Crippen molar-refractivity contribution >= 4 is 11.6 Å². The molecule has 0 aromatic carbocycles. The largest absolute Gasteiger partial charge is 0.390 e. The Balaban J connectivity index is 1.79. The van der Waals surface area contributed by atoms with Crippen LogP contribution in [0.4, 0.5) is 0 Å². The number of hydrogen-bond donors (Lipinski definition) is 2. The third-order valence-electron chi connectivity index (χ3n) is 7.76. The number of carbonyl (C=O) groups is 2. The van der Waals surface area contributed by atoms with Crippen molar-refractivity contribution in [3.05, 3.63) is 11.6 Å². The van der Waals surface area contributed by atoms with E-state index < -0.39 is 12.2 Å². The Hall–Kier alpha value is -1.00. The lowest BCUT2D eigenvalue weighted by atomic mass is 9.46. The number of carbonyl (C=O) groups excluding carboxylic acids is 2. The van der Waals surface area contributed by atoms with E-state index in [1.165, 1.54) is 0 Å². The van der Waals surface area contributed by atoms with E-state index in [4.69, 9.17) is 0 Å². The van der Waals surface area contributed by atoms with Gasteiger partial charge in [-0.05, 0) is 60.5 Å². The standard InChI is InChI=1S/C19H26O4/c1-18-7-5-10(20)9-13(18)16(22)17(23)15-11-3-4-14(21)19(11,2)8-6-12(15)18/h9,11-12,15-17,22-23H,3-8H2,1-2H3/t11-,12-,15-,16+,17+,18+,19-/m0/s1. The van der Waals surface area contributed by atoms with E-state index in [-0.39, 0.29) is 34.4 Å². The average Bonchev–Trinajstić information content (AvgIpc) is 2.82. The summed E-state index contributed by atoms with van der Waals surface area (Å²) in [4.78, 5) is 24.2. The van der Waals surface area contributed by atoms with E-state index in [1.807, 2.05) is 0 Å². The van der Waals surface area contributed by atoms with Gasteiger partial charge in [0, 0.05) is 18.3 Å². The zero-order valence-electron chi connectivity index (χ0n) is 13.9. The first-order valence-electron chi connectivity index (χ1n) is 8.93. The van der Waals surface area contributed by atoms with Gasteiger partial charge in [-0.25, -0.2) is 0 Å². The molecule has 23 heavy (non-hydrogen) atoms. The number of aliphatic hydroxyl groups excluding tert-OH is 2. The molecule has 0 aliphatic heterocycles. The molecule has 0 saturated heterocycles. The molecule has 4 aliphatic carbocycles. The third kappa shape index (κ3) is 1.85. The molecule has 4 nitrogen and oxygen atoms in total. The van der Waals surface area contributed by atoms with Gasteiger partial charge in [-0.2, -0.15) is 0 Å². The van der Waals surface area contributed by atoms with Crippen molar-refractivity contribution < 1.29 is 19.8 Å². The maximum absolute atomic E-state index is 12.4. The predicted molar refractivity (Wildman–Crippen MR) is 84.5 cm³/mol. The van der Waals surface area contributed by atoms with E-state index in [1.54, 1.807) is 6.08 Å². The second-order valence-electron chi connectivity index (χ2n) is 8.63. The Labute approximate surface area is 137 Å². The van der Waals surface area contributed by atoms with Crippen LogP contribution in [0.5, 0.6) is 0 Å². The first kappa shape index (κ1) is 15.5. The second kappa shape index (κ2) is 4.76. The molecule has 0 spiro atoms. The van der Waals surface area contributed by atoms with Gasteiger partial charge in [0.1, 0.15) is 11.9 Å². The van der Waals surface area contributed by atoms with Gasteiger partial charge < -0.3 is 10.2 Å². The summed E-state index contributed by atoms with van der Waals surface area (Å²) in [6.45, 7) is 4.21. The van der Waals surface area contributed by atoms with Gasteiger partial charge in [0.05, 0.1) is 6.10 Å². The van der Waals surface area contributed by atoms with Gasteiger partial charge in [0.15, 0.2) is 5.78 Å². The van der Waals surface area contributed by atoms with E-state index in [0.717, 1.165) is 31.3 Å². The second-order valence-corrected chi connectivity index (χ2v) is 8.63. The van der Waals surface area contributed by atoms with Crippen molar-refractivity contribution in [2.45, 2.75) is 64.6 Å². The molecular formula is C19H26O4. The Morgan fingerprint density at radius 3 is 2.43 bits per heavy atom. The zero-order valence-corrected chi connectivity index (χ0v) is 13.9. The summed E-state index contributed by atoms with van der Waals surface area (Å²) < 4.78 is 0. The number of hydrogen-bond acceptors (Lipinski definition) is 4. The molecule has 3 saturated carbocycles. The Morgan fingerprint density at radius 1 is 1.00 bits per heavy atom. The minimum absolute atomic E-state index is 0.0365. The number of aliphatic hydroxyl groups is 2. The fourth-order valence-electron chi connectivity index (χ4n) is 6.34. The van der Waals surface area contributed by atoms with Crippen molar-refractivity contribution in [3.8, 4) is 0 Å². The van der Waals surface area contributed by atoms with Crippen LogP contribution in [0.1, 0.15) is 52.4 Å². The number of Topliss-reactive ketones (excluding diaryl/α,β-unsaturated/α-hetero) is 1. The Morgan fingerprint density at radius 2 is 1.70 bits per heavy atom. The molecule has 0 aromatic heterocycles. The van der Waals surface area contributed by atoms with E-state index in [0.29, 0.717) is 18.6 Å². The first-order valence-corrected chi connectivity index (χ1v) is 8.93. The van der Waals surface area contributed by atoms with Crippen molar-refractivity contribution in [2.24, 2.45) is 28.6 Å². The zero-order chi connectivity index (χ0) is 16.6. The number of ketones is 2. The average molecular weight is 318 g/mol. The summed E-state index contributed by atoms with van der Waals surface area (Å²) in [5.41, 5.74) is 0.184. The van der Waals surface area contributed by atoms with Crippen LogP contribution in [-0.4, -0.2) is 34.0 Å². The van der Waals surface area contributed by atoms with Gasteiger partial charge >= 0.3 is 0 Å². The highest BCUT2D eigenvalue weighted by atomic mass is 16.3. The molecule has 0 heterocycles. The summed E-state index contributed by atoms with van der Waals surface area (Å²) in [6, 6.07) is 0. The molecular weight excluding hydrogens is 292 g/mol. The van der Waals surface area contributed by atoms with E-state index >= 15 is 0 Å². The van der Waals surface area contributed by atoms with Crippen LogP contribution in [0.15, 0.2) is 11.6 Å². The van der Waals surface area contributed by atoms with Gasteiger partial charge in [-0.3, -0.25) is 9.59 Å². The van der Waals surface area contributed by atoms with Crippen LogP contribution in [0.3, 0.4) is 0 Å². The molecule has 3 fully saturated rings. The lowest BCUT2D eigenvalue weighted by molar-refractivity contribution is -0.154. The molecule has 4 heteroatoms. The van der Waals surface area contributed by atoms with Crippen molar-refractivity contribution in [1.29, 1.82) is 0 Å². The Kier molecular flexibility index (Phi) is 3.21. The van der Waals surface area contributed by atoms with Gasteiger partial charge in [0.25, 0.3) is 0 Å². The van der Waals surface area contributed by atoms with Gasteiger partial charge in [-0.15, -0.1) is 0 Å². The predicted octanol–water partition coefficient (Wildman–Crippen LogP) is 2.03. The van der Waals surface area contributed by atoms with Crippen molar-refractivity contribution in [2.75, 3.05) is 0 Å². The molecule has 2 N–H and O–H groups in total. The number of rotatable bonds is 0. The molecule has 0 radical (unpaired) electrons. The minimum atomic E-state index is -0.969. The van der Waals surface area contributed by atoms with Crippen LogP contribution >= 0.6 is 0 Å². The monoisotopic (exact) mass is 318 g/mol. The maximum Gasteiger partial charge on any atom is 0.155 e. The topological polar surface area (TPSA) is 74.6 Å². The lowest BCUT2D eigenvalue weighted by Gasteiger charge is -2.59. The van der Waals surface area contributed by atoms with Crippen molar-refractivity contribution in [3.63, 3.8) is 0 Å². The molecule has 126 valence electrons. The van der Waals surface area contributed by atoms with E-state index in [9.17, 15) is 19.8 Å². The smallest absolute Gasteiger partial charge is 0.155 e. The molecule has 0 unspecified atom stereocenters. The lowest BCUT2D eigenvalue weighted by Crippen LogP contribution is -2.60. The van der Waals surface area contributed by atoms with Crippen LogP contribution in [0.25, 0.3) is 0 Å². The van der Waals surface area contributed by atoms with Crippen LogP contribution in [0.2, 0.25) is 0 Å². The normalized spacial score (nSPS) is 52.5. The third-order valence-corrected chi connectivity index (χ3v) is 7.76. The van der Waals surface area contributed by atoms with E-state index in [2.05, 4.69) is 13.8 Å². The quantitative estimate of drug-likeness (QED) is 0.717. The highest BCUT2D eigenvalue weighted by molar-refractivity contribution is 5.92. The van der Waals surface area contributed by atoms with Crippen LogP contribution < -0.4 is 0 Å². The van der Waals surface area contributed by atoms with Gasteiger partial charge in [-0.1, -0.05) is 13.8 Å². The fraction of sp³-hybridized carbons (Fsp3) is 0.789. The summed E-state index contributed by atoms with van der Waals surface area (Å²) in [7, 11) is 0. The molecule has 0 amide bonds. The van der Waals surface area contributed by atoms with Crippen LogP contribution in [0, 0.1) is 28.6 Å². The number of fused-ring (bicyclic) bond motifs is 5. The Bertz CT molecular complexity index is 608. The summed E-state index contributed by atoms with van der Waals surface area (Å²) in [5, 5.41) is 21.6. The molecule has 7 atom stereocenters. The van der Waals surface area contributed by atoms with Gasteiger partial charge in [0.2, 0.25) is 0 Å².